The van der Waals surface area contributed by atoms with Gasteiger partial charge >= 0.3 is 0 Å². The first-order valence-corrected chi connectivity index (χ1v) is 12.9. The van der Waals surface area contributed by atoms with Crippen LogP contribution in [0.5, 0.6) is 5.75 Å². The van der Waals surface area contributed by atoms with Crippen LogP contribution in [-0.2, 0) is 6.61 Å². The van der Waals surface area contributed by atoms with Gasteiger partial charge in [-0.15, -0.1) is 0 Å². The van der Waals surface area contributed by atoms with Gasteiger partial charge in [0, 0.05) is 25.0 Å². The fraction of sp³-hybridized carbons (Fsp3) is 0.586. The molecule has 1 heterocycles. The van der Waals surface area contributed by atoms with Crippen LogP contribution in [0.25, 0.3) is 0 Å². The number of hydrogen-bond donors (Lipinski definition) is 1. The van der Waals surface area contributed by atoms with Crippen LogP contribution in [0.1, 0.15) is 55.6 Å². The molecule has 186 valence electrons. The molecule has 1 saturated carbocycles. The van der Waals surface area contributed by atoms with Gasteiger partial charge in [-0.3, -0.25) is 9.80 Å². The molecular weight excluding hydrogens is 422 g/mol. The topological polar surface area (TPSA) is 39.2 Å². The Hall–Kier alpha value is -1.92. The fourth-order valence-corrected chi connectivity index (χ4v) is 6.09. The Balaban J connectivity index is 1.53. The summed E-state index contributed by atoms with van der Waals surface area (Å²) in [5.74, 6) is 0.973. The van der Waals surface area contributed by atoms with Crippen molar-refractivity contribution in [1.82, 2.24) is 14.7 Å². The number of rotatable bonds is 9. The average Bonchev–Trinajstić information content (AvgIpc) is 3.27. The van der Waals surface area contributed by atoms with Crippen LogP contribution >= 0.6 is 0 Å². The Labute approximate surface area is 206 Å². The quantitative estimate of drug-likeness (QED) is 0.587. The zero-order chi connectivity index (χ0) is 24.1. The van der Waals surface area contributed by atoms with Crippen molar-refractivity contribution in [3.63, 3.8) is 0 Å². The van der Waals surface area contributed by atoms with Crippen LogP contribution in [0, 0.1) is 0 Å². The normalized spacial score (nSPS) is 24.0. The van der Waals surface area contributed by atoms with Crippen LogP contribution < -0.4 is 4.74 Å². The molecule has 2 unspecified atom stereocenters. The number of likely N-dealkylation sites (tertiary alicyclic amines) is 1. The first-order valence-electron chi connectivity index (χ1n) is 12.9. The predicted octanol–water partition coefficient (Wildman–Crippen LogP) is 4.57. The Morgan fingerprint density at radius 3 is 2.24 bits per heavy atom. The number of benzene rings is 2. The molecule has 34 heavy (non-hydrogen) atoms. The third-order valence-electron chi connectivity index (χ3n) is 7.94. The van der Waals surface area contributed by atoms with Crippen LogP contribution in [0.3, 0.4) is 0 Å². The molecule has 1 N–H and O–H groups in total. The van der Waals surface area contributed by atoms with E-state index in [0.29, 0.717) is 18.8 Å². The molecule has 0 amide bonds. The molecular formula is C29H43N3O2. The monoisotopic (exact) mass is 465 g/mol. The van der Waals surface area contributed by atoms with Crippen molar-refractivity contribution in [3.8, 4) is 5.75 Å². The summed E-state index contributed by atoms with van der Waals surface area (Å²) in [5, 5.41) is 11.9. The smallest absolute Gasteiger partial charge is 0.119 e. The van der Waals surface area contributed by atoms with E-state index in [4.69, 9.17) is 4.74 Å². The van der Waals surface area contributed by atoms with E-state index in [1.807, 2.05) is 18.2 Å². The van der Waals surface area contributed by atoms with Gasteiger partial charge in [-0.2, -0.15) is 0 Å². The van der Waals surface area contributed by atoms with E-state index < -0.39 is 5.60 Å². The maximum Gasteiger partial charge on any atom is 0.119 e. The predicted molar refractivity (Wildman–Crippen MR) is 139 cm³/mol. The van der Waals surface area contributed by atoms with Crippen LogP contribution in [-0.4, -0.2) is 78.9 Å². The molecule has 1 aliphatic heterocycles. The molecule has 1 saturated heterocycles. The summed E-state index contributed by atoms with van der Waals surface area (Å²) < 4.78 is 6.03. The standard InChI is InChI=1S/C29H43N3O2/c1-30(2)27-17-20-32(28(27)31(3)4)21-26(29(33)18-9-6-10-19-29)24-13-15-25(16-14-24)34-22-23-11-7-5-8-12-23/h5,7-8,11-16,26-28,33H,6,9-10,17-22H2,1-4H3/t26?,27-,28?/m1/s1. The summed E-state index contributed by atoms with van der Waals surface area (Å²) in [5.41, 5.74) is 1.75. The van der Waals surface area contributed by atoms with Crippen molar-refractivity contribution in [2.75, 3.05) is 41.3 Å². The Bertz CT molecular complexity index is 878. The van der Waals surface area contributed by atoms with E-state index in [2.05, 4.69) is 79.3 Å². The highest BCUT2D eigenvalue weighted by molar-refractivity contribution is 5.32. The van der Waals surface area contributed by atoms with Crippen molar-refractivity contribution in [2.24, 2.45) is 0 Å². The summed E-state index contributed by atoms with van der Waals surface area (Å²) >= 11 is 0. The molecule has 1 aliphatic carbocycles. The summed E-state index contributed by atoms with van der Waals surface area (Å²) in [7, 11) is 8.74. The highest BCUT2D eigenvalue weighted by atomic mass is 16.5. The summed E-state index contributed by atoms with van der Waals surface area (Å²) in [6.45, 7) is 2.52. The highest BCUT2D eigenvalue weighted by Crippen LogP contribution is 2.42. The Kier molecular flexibility index (Phi) is 8.30. The second kappa shape index (κ2) is 11.2. The lowest BCUT2D eigenvalue weighted by atomic mass is 9.72. The van der Waals surface area contributed by atoms with E-state index in [0.717, 1.165) is 50.9 Å². The largest absolute Gasteiger partial charge is 0.489 e. The number of nitrogens with zero attached hydrogens (tertiary/aromatic N) is 3. The number of ether oxygens (including phenoxy) is 1. The van der Waals surface area contributed by atoms with Gasteiger partial charge in [-0.05, 0) is 70.7 Å². The number of hydrogen-bond acceptors (Lipinski definition) is 5. The lowest BCUT2D eigenvalue weighted by molar-refractivity contribution is -0.0397. The summed E-state index contributed by atoms with van der Waals surface area (Å²) in [6, 6.07) is 19.3. The fourth-order valence-electron chi connectivity index (χ4n) is 6.09. The molecule has 0 spiro atoms. The van der Waals surface area contributed by atoms with Gasteiger partial charge in [-0.1, -0.05) is 61.7 Å². The third-order valence-corrected chi connectivity index (χ3v) is 7.94. The van der Waals surface area contributed by atoms with E-state index in [1.54, 1.807) is 0 Å². The number of likely N-dealkylation sites (N-methyl/N-ethyl adjacent to an activating group) is 2. The van der Waals surface area contributed by atoms with Crippen LogP contribution in [0.4, 0.5) is 0 Å². The lowest BCUT2D eigenvalue weighted by Gasteiger charge is -2.44. The highest BCUT2D eigenvalue weighted by Gasteiger charge is 2.43. The average molecular weight is 466 g/mol. The second-order valence-electron chi connectivity index (χ2n) is 10.8. The van der Waals surface area contributed by atoms with Crippen molar-refractivity contribution >= 4 is 0 Å². The molecule has 0 aromatic heterocycles. The molecule has 0 bridgehead atoms. The number of aliphatic hydroxyl groups is 1. The minimum Gasteiger partial charge on any atom is -0.489 e. The van der Waals surface area contributed by atoms with Gasteiger partial charge in [-0.25, -0.2) is 0 Å². The van der Waals surface area contributed by atoms with Gasteiger partial charge in [0.2, 0.25) is 0 Å². The molecule has 4 rings (SSSR count). The first-order chi connectivity index (χ1) is 16.4. The molecule has 2 aliphatic rings. The van der Waals surface area contributed by atoms with Crippen LogP contribution in [0.2, 0.25) is 0 Å². The van der Waals surface area contributed by atoms with Gasteiger partial charge in [0.25, 0.3) is 0 Å². The Morgan fingerprint density at radius 2 is 1.62 bits per heavy atom. The van der Waals surface area contributed by atoms with Gasteiger partial charge in [0.05, 0.1) is 11.8 Å². The van der Waals surface area contributed by atoms with E-state index in [9.17, 15) is 5.11 Å². The minimum absolute atomic E-state index is 0.0966. The summed E-state index contributed by atoms with van der Waals surface area (Å²) in [4.78, 5) is 7.30. The van der Waals surface area contributed by atoms with Crippen LogP contribution in [0.15, 0.2) is 54.6 Å². The molecule has 5 nitrogen and oxygen atoms in total. The van der Waals surface area contributed by atoms with Gasteiger partial charge in [0.1, 0.15) is 12.4 Å². The molecule has 5 heteroatoms. The maximum absolute atomic E-state index is 11.9. The molecule has 0 radical (unpaired) electrons. The molecule has 2 aromatic rings. The van der Waals surface area contributed by atoms with Crippen molar-refractivity contribution < 1.29 is 9.84 Å². The second-order valence-corrected chi connectivity index (χ2v) is 10.8. The van der Waals surface area contributed by atoms with E-state index >= 15 is 0 Å². The maximum atomic E-state index is 11.9. The van der Waals surface area contributed by atoms with Crippen molar-refractivity contribution in [1.29, 1.82) is 0 Å². The first kappa shape index (κ1) is 25.2. The van der Waals surface area contributed by atoms with Crippen molar-refractivity contribution in [3.05, 3.63) is 65.7 Å². The molecule has 2 fully saturated rings. The van der Waals surface area contributed by atoms with Crippen molar-refractivity contribution in [2.45, 2.75) is 68.9 Å². The van der Waals surface area contributed by atoms with Gasteiger partial charge in [0.15, 0.2) is 0 Å². The van der Waals surface area contributed by atoms with E-state index in [1.165, 1.54) is 17.5 Å². The zero-order valence-corrected chi connectivity index (χ0v) is 21.5. The molecule has 2 aromatic carbocycles. The van der Waals surface area contributed by atoms with E-state index in [-0.39, 0.29) is 5.92 Å². The zero-order valence-electron chi connectivity index (χ0n) is 21.5. The SMILES string of the molecule is CN(C)C1[C@H](N(C)C)CCN1CC(c1ccc(OCc2ccccc2)cc1)C1(O)CCCCC1. The molecule has 3 atom stereocenters. The minimum atomic E-state index is -0.641. The van der Waals surface area contributed by atoms with Gasteiger partial charge < -0.3 is 14.7 Å². The third kappa shape index (κ3) is 5.83. The lowest BCUT2D eigenvalue weighted by Crippen LogP contribution is -2.53. The summed E-state index contributed by atoms with van der Waals surface area (Å²) in [6.07, 6.45) is 6.76. The Morgan fingerprint density at radius 1 is 0.941 bits per heavy atom.